The molecule has 1 aromatic heterocycles. The Kier molecular flexibility index (Phi) is 7.06. The van der Waals surface area contributed by atoms with Crippen LogP contribution in [0, 0.1) is 0 Å². The molecule has 3 aromatic rings. The molecule has 1 amide bonds. The summed E-state index contributed by atoms with van der Waals surface area (Å²) in [5.41, 5.74) is 1.30. The average molecular weight is 491 g/mol. The lowest BCUT2D eigenvalue weighted by Crippen LogP contribution is -2.38. The van der Waals surface area contributed by atoms with Crippen LogP contribution in [-0.4, -0.2) is 68.8 Å². The van der Waals surface area contributed by atoms with E-state index in [0.29, 0.717) is 41.2 Å². The zero-order valence-corrected chi connectivity index (χ0v) is 20.4. The molecule has 3 heterocycles. The lowest BCUT2D eigenvalue weighted by Gasteiger charge is -2.29. The Morgan fingerprint density at radius 3 is 2.69 bits per heavy atom. The summed E-state index contributed by atoms with van der Waals surface area (Å²) in [6, 6.07) is 12.0. The normalized spacial score (nSPS) is 17.9. The van der Waals surface area contributed by atoms with E-state index in [-0.39, 0.29) is 17.1 Å². The maximum Gasteiger partial charge on any atom is 0.290 e. The molecule has 0 aliphatic carbocycles. The van der Waals surface area contributed by atoms with Gasteiger partial charge in [0.1, 0.15) is 23.7 Å². The molecule has 1 unspecified atom stereocenters. The molecule has 1 saturated heterocycles. The highest BCUT2D eigenvalue weighted by Gasteiger charge is 2.42. The first-order valence-electron chi connectivity index (χ1n) is 12.2. The molecule has 2 aliphatic heterocycles. The molecule has 0 N–H and O–H groups in total. The van der Waals surface area contributed by atoms with Crippen molar-refractivity contribution in [3.05, 3.63) is 82.2 Å². The summed E-state index contributed by atoms with van der Waals surface area (Å²) >= 11 is 0. The van der Waals surface area contributed by atoms with Crippen LogP contribution < -0.4 is 14.9 Å². The molecule has 8 nitrogen and oxygen atoms in total. The van der Waals surface area contributed by atoms with Gasteiger partial charge >= 0.3 is 0 Å². The van der Waals surface area contributed by atoms with Gasteiger partial charge in [-0.15, -0.1) is 0 Å². The van der Waals surface area contributed by atoms with E-state index in [4.69, 9.17) is 18.6 Å². The van der Waals surface area contributed by atoms with Crippen molar-refractivity contribution in [3.8, 4) is 11.5 Å². The van der Waals surface area contributed by atoms with Gasteiger partial charge in [-0.1, -0.05) is 24.8 Å². The summed E-state index contributed by atoms with van der Waals surface area (Å²) in [6.45, 7) is 8.61. The molecule has 1 fully saturated rings. The molecule has 2 aliphatic rings. The van der Waals surface area contributed by atoms with Gasteiger partial charge in [-0.05, 0) is 36.2 Å². The van der Waals surface area contributed by atoms with Gasteiger partial charge in [0.05, 0.1) is 37.3 Å². The van der Waals surface area contributed by atoms with E-state index in [1.54, 1.807) is 36.3 Å². The van der Waals surface area contributed by atoms with Gasteiger partial charge in [-0.3, -0.25) is 14.5 Å². The van der Waals surface area contributed by atoms with Crippen molar-refractivity contribution in [1.29, 1.82) is 0 Å². The molecule has 0 spiro atoms. The lowest BCUT2D eigenvalue weighted by atomic mass is 9.98. The molecule has 2 aromatic carbocycles. The highest BCUT2D eigenvalue weighted by atomic mass is 16.5. The molecule has 8 heteroatoms. The largest absolute Gasteiger partial charge is 0.497 e. The van der Waals surface area contributed by atoms with Gasteiger partial charge in [0, 0.05) is 32.2 Å². The minimum atomic E-state index is -0.563. The Hall–Kier alpha value is -3.62. The van der Waals surface area contributed by atoms with Crippen molar-refractivity contribution in [2.45, 2.75) is 12.5 Å². The van der Waals surface area contributed by atoms with Gasteiger partial charge in [0.2, 0.25) is 5.76 Å². The maximum atomic E-state index is 13.7. The minimum absolute atomic E-state index is 0.0922. The number of fused-ring (bicyclic) bond motifs is 2. The number of nitrogens with zero attached hydrogens (tertiary/aromatic N) is 2. The van der Waals surface area contributed by atoms with Gasteiger partial charge in [0.25, 0.3) is 5.91 Å². The summed E-state index contributed by atoms with van der Waals surface area (Å²) in [4.78, 5) is 31.5. The second-order valence-electron chi connectivity index (χ2n) is 8.92. The smallest absolute Gasteiger partial charge is 0.290 e. The molecule has 188 valence electrons. The van der Waals surface area contributed by atoms with Gasteiger partial charge in [-0.25, -0.2) is 0 Å². The Labute approximate surface area is 209 Å². The van der Waals surface area contributed by atoms with Crippen molar-refractivity contribution in [3.63, 3.8) is 0 Å². The van der Waals surface area contributed by atoms with Crippen molar-refractivity contribution in [2.24, 2.45) is 0 Å². The summed E-state index contributed by atoms with van der Waals surface area (Å²) in [5, 5.41) is 0.418. The van der Waals surface area contributed by atoms with E-state index < -0.39 is 6.04 Å². The first-order chi connectivity index (χ1) is 17.6. The van der Waals surface area contributed by atoms with Gasteiger partial charge < -0.3 is 23.5 Å². The van der Waals surface area contributed by atoms with Crippen molar-refractivity contribution >= 4 is 16.9 Å². The number of hydrogen-bond acceptors (Lipinski definition) is 7. The number of ether oxygens (including phenoxy) is 3. The number of carbonyl (C=O) groups is 1. The molecule has 5 rings (SSSR count). The molecule has 0 saturated carbocycles. The van der Waals surface area contributed by atoms with Crippen LogP contribution in [0.3, 0.4) is 0 Å². The fourth-order valence-electron chi connectivity index (χ4n) is 4.92. The Balaban J connectivity index is 1.54. The third kappa shape index (κ3) is 4.62. The maximum absolute atomic E-state index is 13.7. The van der Waals surface area contributed by atoms with Crippen molar-refractivity contribution < 1.29 is 23.4 Å². The summed E-state index contributed by atoms with van der Waals surface area (Å²) < 4.78 is 22.5. The predicted molar refractivity (Wildman–Crippen MR) is 136 cm³/mol. The van der Waals surface area contributed by atoms with E-state index >= 15 is 0 Å². The fourth-order valence-corrected chi connectivity index (χ4v) is 4.92. The summed E-state index contributed by atoms with van der Waals surface area (Å²) in [6.07, 6.45) is 2.44. The fraction of sp³-hybridized carbons (Fsp3) is 0.357. The van der Waals surface area contributed by atoms with Crippen LogP contribution in [0.15, 0.2) is 64.3 Å². The monoisotopic (exact) mass is 490 g/mol. The highest BCUT2D eigenvalue weighted by Crippen LogP contribution is 2.39. The number of carbonyl (C=O) groups excluding carboxylic acids is 1. The van der Waals surface area contributed by atoms with E-state index in [1.165, 1.54) is 0 Å². The molecular formula is C28H30N2O6. The highest BCUT2D eigenvalue weighted by molar-refractivity contribution is 5.99. The Morgan fingerprint density at radius 2 is 1.92 bits per heavy atom. The van der Waals surface area contributed by atoms with Crippen LogP contribution in [0.2, 0.25) is 0 Å². The van der Waals surface area contributed by atoms with Crippen molar-refractivity contribution in [2.75, 3.05) is 53.1 Å². The third-order valence-corrected chi connectivity index (χ3v) is 6.69. The van der Waals surface area contributed by atoms with Crippen LogP contribution >= 0.6 is 0 Å². The van der Waals surface area contributed by atoms with E-state index in [9.17, 15) is 9.59 Å². The summed E-state index contributed by atoms with van der Waals surface area (Å²) in [5.74, 6) is 1.02. The molecule has 1 atom stereocenters. The van der Waals surface area contributed by atoms with E-state index in [1.807, 2.05) is 24.3 Å². The number of morpholine rings is 1. The first-order valence-corrected chi connectivity index (χ1v) is 12.2. The Bertz CT molecular complexity index is 1330. The predicted octanol–water partition coefficient (Wildman–Crippen LogP) is 3.63. The van der Waals surface area contributed by atoms with E-state index in [0.717, 1.165) is 44.8 Å². The number of benzene rings is 2. The van der Waals surface area contributed by atoms with Crippen LogP contribution in [0.5, 0.6) is 11.5 Å². The summed E-state index contributed by atoms with van der Waals surface area (Å²) in [7, 11) is 1.55. The average Bonchev–Trinajstić information content (AvgIpc) is 3.19. The zero-order chi connectivity index (χ0) is 25.1. The Morgan fingerprint density at radius 1 is 1.08 bits per heavy atom. The second-order valence-corrected chi connectivity index (χ2v) is 8.92. The number of amides is 1. The van der Waals surface area contributed by atoms with E-state index in [2.05, 4.69) is 11.5 Å². The minimum Gasteiger partial charge on any atom is -0.497 e. The van der Waals surface area contributed by atoms with Crippen LogP contribution in [0.25, 0.3) is 11.0 Å². The zero-order valence-electron chi connectivity index (χ0n) is 20.4. The SMILES string of the molecule is C=CCOc1cccc(C2c3c(oc4cc(OC)ccc4c3=O)C(=O)N2CCCN2CCOCC2)c1. The standard InChI is InChI=1S/C28H30N2O6/c1-3-14-35-21-7-4-6-19(17-21)25-24-26(31)22-9-8-20(33-2)18-23(22)36-27(24)28(32)30(25)11-5-10-29-12-15-34-16-13-29/h3-4,6-9,17-18,25H,1,5,10-16H2,2H3. The first kappa shape index (κ1) is 24.1. The molecule has 36 heavy (non-hydrogen) atoms. The molecular weight excluding hydrogens is 460 g/mol. The molecule has 0 radical (unpaired) electrons. The quantitative estimate of drug-likeness (QED) is 0.424. The number of hydrogen-bond donors (Lipinski definition) is 0. The van der Waals surface area contributed by atoms with Crippen molar-refractivity contribution in [1.82, 2.24) is 9.80 Å². The third-order valence-electron chi connectivity index (χ3n) is 6.69. The number of rotatable bonds is 9. The van der Waals surface area contributed by atoms with Crippen LogP contribution in [0.1, 0.15) is 34.1 Å². The number of methoxy groups -OCH3 is 1. The topological polar surface area (TPSA) is 81.5 Å². The van der Waals surface area contributed by atoms with Crippen LogP contribution in [-0.2, 0) is 4.74 Å². The molecule has 0 bridgehead atoms. The van der Waals surface area contributed by atoms with Gasteiger partial charge in [-0.2, -0.15) is 0 Å². The van der Waals surface area contributed by atoms with Gasteiger partial charge in [0.15, 0.2) is 5.43 Å². The second kappa shape index (κ2) is 10.6. The lowest BCUT2D eigenvalue weighted by molar-refractivity contribution is 0.0353. The van der Waals surface area contributed by atoms with Crippen LogP contribution in [0.4, 0.5) is 0 Å².